The van der Waals surface area contributed by atoms with Crippen LogP contribution in [-0.4, -0.2) is 13.2 Å². The Morgan fingerprint density at radius 1 is 1.11 bits per heavy atom. The van der Waals surface area contributed by atoms with Gasteiger partial charge in [0, 0.05) is 12.6 Å². The number of ether oxygens (including phenoxy) is 1. The summed E-state index contributed by atoms with van der Waals surface area (Å²) in [5, 5.41) is 3.69. The highest BCUT2D eigenvalue weighted by Gasteiger charge is 2.23. The van der Waals surface area contributed by atoms with Crippen LogP contribution >= 0.6 is 0 Å². The molecule has 3 unspecified atom stereocenters. The number of hydrogen-bond acceptors (Lipinski definition) is 2. The first-order chi connectivity index (χ1) is 8.69. The molecule has 2 heteroatoms. The Hall–Kier alpha value is -1.02. The average molecular weight is 247 g/mol. The van der Waals surface area contributed by atoms with Crippen LogP contribution in [0.25, 0.3) is 0 Å². The largest absolute Gasteiger partial charge is 0.497 e. The van der Waals surface area contributed by atoms with E-state index in [9.17, 15) is 0 Å². The lowest BCUT2D eigenvalue weighted by Crippen LogP contribution is -2.35. The van der Waals surface area contributed by atoms with Gasteiger partial charge in [0.1, 0.15) is 5.75 Å². The molecule has 0 saturated heterocycles. The maximum absolute atomic E-state index is 5.17. The first kappa shape index (κ1) is 13.4. The van der Waals surface area contributed by atoms with Gasteiger partial charge in [-0.3, -0.25) is 0 Å². The van der Waals surface area contributed by atoms with E-state index in [4.69, 9.17) is 4.74 Å². The summed E-state index contributed by atoms with van der Waals surface area (Å²) >= 11 is 0. The summed E-state index contributed by atoms with van der Waals surface area (Å²) in [5.41, 5.74) is 1.34. The molecule has 18 heavy (non-hydrogen) atoms. The summed E-state index contributed by atoms with van der Waals surface area (Å²) in [5.74, 6) is 2.68. The molecule has 0 radical (unpaired) electrons. The Bertz CT molecular complexity index is 360. The summed E-state index contributed by atoms with van der Waals surface area (Å²) in [6.07, 6.45) is 4.00. The van der Waals surface area contributed by atoms with Gasteiger partial charge in [-0.05, 0) is 48.8 Å². The second-order valence-electron chi connectivity index (χ2n) is 5.69. The lowest BCUT2D eigenvalue weighted by Gasteiger charge is -2.32. The summed E-state index contributed by atoms with van der Waals surface area (Å²) in [6.45, 7) is 5.73. The lowest BCUT2D eigenvalue weighted by molar-refractivity contribution is 0.225. The van der Waals surface area contributed by atoms with E-state index in [0.717, 1.165) is 24.1 Å². The highest BCUT2D eigenvalue weighted by molar-refractivity contribution is 5.27. The third-order valence-corrected chi connectivity index (χ3v) is 4.35. The summed E-state index contributed by atoms with van der Waals surface area (Å²) in [6, 6.07) is 9.03. The molecule has 1 aromatic rings. The van der Waals surface area contributed by atoms with E-state index < -0.39 is 0 Å². The molecule has 1 N–H and O–H groups in total. The van der Waals surface area contributed by atoms with Crippen LogP contribution in [-0.2, 0) is 6.54 Å². The van der Waals surface area contributed by atoms with Crippen LogP contribution in [0.3, 0.4) is 0 Å². The molecule has 1 aliphatic carbocycles. The monoisotopic (exact) mass is 247 g/mol. The molecule has 0 spiro atoms. The summed E-state index contributed by atoms with van der Waals surface area (Å²) in [4.78, 5) is 0. The Morgan fingerprint density at radius 3 is 2.44 bits per heavy atom. The Morgan fingerprint density at radius 2 is 1.83 bits per heavy atom. The molecule has 3 atom stereocenters. The zero-order chi connectivity index (χ0) is 13.0. The molecule has 2 nitrogen and oxygen atoms in total. The number of rotatable bonds is 4. The van der Waals surface area contributed by atoms with E-state index in [2.05, 4.69) is 31.3 Å². The Balaban J connectivity index is 1.80. The molecular formula is C16H25NO. The molecule has 0 amide bonds. The SMILES string of the molecule is COc1ccc(CNC2CCC(C)C(C)C2)cc1. The van der Waals surface area contributed by atoms with Crippen LogP contribution in [0.2, 0.25) is 0 Å². The maximum atomic E-state index is 5.17. The van der Waals surface area contributed by atoms with Gasteiger partial charge in [0.05, 0.1) is 7.11 Å². The van der Waals surface area contributed by atoms with Crippen molar-refractivity contribution in [1.82, 2.24) is 5.32 Å². The second-order valence-corrected chi connectivity index (χ2v) is 5.69. The molecule has 100 valence electrons. The van der Waals surface area contributed by atoms with Crippen LogP contribution in [0, 0.1) is 11.8 Å². The van der Waals surface area contributed by atoms with Crippen LogP contribution in [0.1, 0.15) is 38.7 Å². The van der Waals surface area contributed by atoms with Crippen LogP contribution in [0.15, 0.2) is 24.3 Å². The lowest BCUT2D eigenvalue weighted by atomic mass is 9.79. The van der Waals surface area contributed by atoms with Crippen molar-refractivity contribution in [3.63, 3.8) is 0 Å². The highest BCUT2D eigenvalue weighted by atomic mass is 16.5. The van der Waals surface area contributed by atoms with E-state index in [-0.39, 0.29) is 0 Å². The minimum absolute atomic E-state index is 0.693. The molecule has 0 heterocycles. The van der Waals surface area contributed by atoms with Crippen molar-refractivity contribution in [2.75, 3.05) is 7.11 Å². The molecule has 0 bridgehead atoms. The number of methoxy groups -OCH3 is 1. The predicted octanol–water partition coefficient (Wildman–Crippen LogP) is 3.61. The van der Waals surface area contributed by atoms with Crippen molar-refractivity contribution in [3.05, 3.63) is 29.8 Å². The van der Waals surface area contributed by atoms with Gasteiger partial charge in [-0.1, -0.05) is 26.0 Å². The minimum Gasteiger partial charge on any atom is -0.497 e. The van der Waals surface area contributed by atoms with Crippen molar-refractivity contribution in [1.29, 1.82) is 0 Å². The third kappa shape index (κ3) is 3.49. The van der Waals surface area contributed by atoms with Gasteiger partial charge < -0.3 is 10.1 Å². The van der Waals surface area contributed by atoms with Crippen molar-refractivity contribution < 1.29 is 4.74 Å². The van der Waals surface area contributed by atoms with Gasteiger partial charge >= 0.3 is 0 Å². The van der Waals surface area contributed by atoms with Gasteiger partial charge in [-0.15, -0.1) is 0 Å². The fourth-order valence-electron chi connectivity index (χ4n) is 2.74. The second kappa shape index (κ2) is 6.24. The van der Waals surface area contributed by atoms with Gasteiger partial charge in [-0.2, -0.15) is 0 Å². The molecule has 1 fully saturated rings. The normalized spacial score (nSPS) is 28.1. The topological polar surface area (TPSA) is 21.3 Å². The van der Waals surface area contributed by atoms with E-state index in [1.54, 1.807) is 7.11 Å². The van der Waals surface area contributed by atoms with E-state index in [1.165, 1.54) is 24.8 Å². The highest BCUT2D eigenvalue weighted by Crippen LogP contribution is 2.29. The number of hydrogen-bond donors (Lipinski definition) is 1. The molecule has 1 saturated carbocycles. The maximum Gasteiger partial charge on any atom is 0.118 e. The number of nitrogens with one attached hydrogen (secondary N) is 1. The fourth-order valence-corrected chi connectivity index (χ4v) is 2.74. The van der Waals surface area contributed by atoms with Crippen LogP contribution < -0.4 is 10.1 Å². The van der Waals surface area contributed by atoms with E-state index in [0.29, 0.717) is 6.04 Å². The van der Waals surface area contributed by atoms with E-state index >= 15 is 0 Å². The van der Waals surface area contributed by atoms with Gasteiger partial charge in [0.15, 0.2) is 0 Å². The third-order valence-electron chi connectivity index (χ3n) is 4.35. The molecule has 1 aliphatic rings. The van der Waals surface area contributed by atoms with Crippen LogP contribution in [0.5, 0.6) is 5.75 Å². The van der Waals surface area contributed by atoms with Crippen molar-refractivity contribution in [2.24, 2.45) is 11.8 Å². The summed E-state index contributed by atoms with van der Waals surface area (Å²) < 4.78 is 5.17. The Labute approximate surface area is 111 Å². The van der Waals surface area contributed by atoms with Gasteiger partial charge in [0.25, 0.3) is 0 Å². The van der Waals surface area contributed by atoms with E-state index in [1.807, 2.05) is 12.1 Å². The zero-order valence-corrected chi connectivity index (χ0v) is 11.8. The van der Waals surface area contributed by atoms with Crippen molar-refractivity contribution in [2.45, 2.75) is 45.7 Å². The standard InChI is InChI=1S/C16H25NO/c1-12-4-7-15(10-13(12)2)17-11-14-5-8-16(18-3)9-6-14/h5-6,8-9,12-13,15,17H,4,7,10-11H2,1-3H3. The molecule has 2 rings (SSSR count). The minimum atomic E-state index is 0.693. The molecule has 0 aromatic heterocycles. The van der Waals surface area contributed by atoms with Crippen molar-refractivity contribution >= 4 is 0 Å². The first-order valence-electron chi connectivity index (χ1n) is 7.05. The molecule has 1 aromatic carbocycles. The molecular weight excluding hydrogens is 222 g/mol. The average Bonchev–Trinajstić information content (AvgIpc) is 2.41. The van der Waals surface area contributed by atoms with Crippen molar-refractivity contribution in [3.8, 4) is 5.75 Å². The predicted molar refractivity (Wildman–Crippen MR) is 75.8 cm³/mol. The Kier molecular flexibility index (Phi) is 4.65. The van der Waals surface area contributed by atoms with Gasteiger partial charge in [-0.25, -0.2) is 0 Å². The number of benzene rings is 1. The molecule has 0 aliphatic heterocycles. The van der Waals surface area contributed by atoms with Gasteiger partial charge in [0.2, 0.25) is 0 Å². The van der Waals surface area contributed by atoms with Crippen LogP contribution in [0.4, 0.5) is 0 Å². The quantitative estimate of drug-likeness (QED) is 0.877. The zero-order valence-electron chi connectivity index (χ0n) is 11.8. The fraction of sp³-hybridized carbons (Fsp3) is 0.625. The summed E-state index contributed by atoms with van der Waals surface area (Å²) in [7, 11) is 1.71. The smallest absolute Gasteiger partial charge is 0.118 e. The first-order valence-corrected chi connectivity index (χ1v) is 7.05.